The molecule has 0 aliphatic rings. The van der Waals surface area contributed by atoms with Crippen molar-refractivity contribution in [2.75, 3.05) is 22.3 Å². The zero-order chi connectivity index (χ0) is 21.5. The Bertz CT molecular complexity index is 1100. The molecule has 0 saturated heterocycles. The molecule has 1 amide bonds. The fourth-order valence-corrected chi connectivity index (χ4v) is 2.87. The van der Waals surface area contributed by atoms with E-state index in [4.69, 9.17) is 5.84 Å². The number of benzene rings is 2. The van der Waals surface area contributed by atoms with E-state index in [1.807, 2.05) is 0 Å². The van der Waals surface area contributed by atoms with E-state index >= 15 is 0 Å². The Hall–Kier alpha value is -4.00. The van der Waals surface area contributed by atoms with Gasteiger partial charge in [0, 0.05) is 23.4 Å². The third-order valence-corrected chi connectivity index (χ3v) is 4.55. The van der Waals surface area contributed by atoms with Crippen molar-refractivity contribution < 1.29 is 14.1 Å². The van der Waals surface area contributed by atoms with Crippen molar-refractivity contribution in [3.63, 3.8) is 0 Å². The molecule has 11 nitrogen and oxygen atoms in total. The lowest BCUT2D eigenvalue weighted by molar-refractivity contribution is -0.384. The smallest absolute Gasteiger partial charge is 0.271 e. The highest BCUT2D eigenvalue weighted by atomic mass is 32.2. The van der Waals surface area contributed by atoms with E-state index in [-0.39, 0.29) is 28.1 Å². The fourth-order valence-electron chi connectivity index (χ4n) is 2.22. The summed E-state index contributed by atoms with van der Waals surface area (Å²) >= 11 is 1.00. The van der Waals surface area contributed by atoms with Gasteiger partial charge in [-0.15, -0.1) is 10.2 Å². The number of nitrogens with one attached hydrogen (secondary N) is 2. The summed E-state index contributed by atoms with van der Waals surface area (Å²) in [5.41, 5.74) is 2.99. The molecule has 0 unspecified atom stereocenters. The minimum atomic E-state index is -0.551. The maximum atomic E-state index is 13.5. The van der Waals surface area contributed by atoms with E-state index in [0.29, 0.717) is 5.69 Å². The zero-order valence-corrected chi connectivity index (χ0v) is 16.0. The van der Waals surface area contributed by atoms with Crippen molar-refractivity contribution in [1.29, 1.82) is 0 Å². The molecule has 1 heterocycles. The van der Waals surface area contributed by atoms with E-state index in [1.165, 1.54) is 36.5 Å². The number of carbonyl (C=O) groups is 1. The van der Waals surface area contributed by atoms with Gasteiger partial charge in [-0.05, 0) is 12.1 Å². The van der Waals surface area contributed by atoms with Crippen molar-refractivity contribution in [1.82, 2.24) is 14.9 Å². The van der Waals surface area contributed by atoms with E-state index in [0.717, 1.165) is 16.4 Å². The number of nitro groups is 1. The summed E-state index contributed by atoms with van der Waals surface area (Å²) in [6.45, 7) is 0. The van der Waals surface area contributed by atoms with Crippen LogP contribution in [0.4, 0.5) is 21.7 Å². The van der Waals surface area contributed by atoms with Gasteiger partial charge in [0.15, 0.2) is 0 Å². The standard InChI is InChI=1S/C17H15FN8O3S/c18-14-7-2-1-4-11(14)9-20-22-16-23-24-17(25(16)19)30-10-15(27)21-12-5-3-6-13(8-12)26(28)29/h1-9H,10,19H2,(H,21,27)(H,22,23)/b20-9+. The molecule has 0 aliphatic carbocycles. The highest BCUT2D eigenvalue weighted by molar-refractivity contribution is 7.99. The van der Waals surface area contributed by atoms with E-state index in [1.54, 1.807) is 18.2 Å². The average Bonchev–Trinajstić information content (AvgIpc) is 3.07. The van der Waals surface area contributed by atoms with Crippen LogP contribution in [0.3, 0.4) is 0 Å². The van der Waals surface area contributed by atoms with Gasteiger partial charge in [0.2, 0.25) is 11.1 Å². The Balaban J connectivity index is 1.55. The van der Waals surface area contributed by atoms with E-state index in [9.17, 15) is 19.3 Å². The van der Waals surface area contributed by atoms with Crippen LogP contribution in [0.1, 0.15) is 5.56 Å². The monoisotopic (exact) mass is 430 g/mol. The highest BCUT2D eigenvalue weighted by Crippen LogP contribution is 2.19. The Morgan fingerprint density at radius 3 is 2.87 bits per heavy atom. The van der Waals surface area contributed by atoms with Crippen molar-refractivity contribution in [2.24, 2.45) is 5.10 Å². The van der Waals surface area contributed by atoms with Crippen molar-refractivity contribution in [3.05, 3.63) is 70.0 Å². The number of carbonyl (C=O) groups excluding carboxylic acids is 1. The fraction of sp³-hybridized carbons (Fsp3) is 0.0588. The first-order valence-electron chi connectivity index (χ1n) is 8.35. The number of hydrazone groups is 1. The second-order valence-electron chi connectivity index (χ2n) is 5.71. The van der Waals surface area contributed by atoms with Crippen molar-refractivity contribution >= 4 is 41.2 Å². The molecule has 0 bridgehead atoms. The van der Waals surface area contributed by atoms with Crippen molar-refractivity contribution in [3.8, 4) is 0 Å². The van der Waals surface area contributed by atoms with Gasteiger partial charge in [-0.3, -0.25) is 14.9 Å². The maximum absolute atomic E-state index is 13.5. The highest BCUT2D eigenvalue weighted by Gasteiger charge is 2.13. The number of anilines is 2. The first-order chi connectivity index (χ1) is 14.4. The minimum absolute atomic E-state index is 0.0590. The first-order valence-corrected chi connectivity index (χ1v) is 9.34. The molecule has 2 aromatic carbocycles. The molecule has 0 radical (unpaired) electrons. The van der Waals surface area contributed by atoms with Gasteiger partial charge in [-0.2, -0.15) is 5.10 Å². The number of thioether (sulfide) groups is 1. The lowest BCUT2D eigenvalue weighted by Gasteiger charge is -2.05. The van der Waals surface area contributed by atoms with Gasteiger partial charge in [0.05, 0.1) is 16.9 Å². The summed E-state index contributed by atoms with van der Waals surface area (Å²) in [4.78, 5) is 22.3. The molecule has 0 atom stereocenters. The molecule has 4 N–H and O–H groups in total. The van der Waals surface area contributed by atoms with Crippen LogP contribution in [0.5, 0.6) is 0 Å². The lowest BCUT2D eigenvalue weighted by Crippen LogP contribution is -2.17. The molecule has 0 fully saturated rings. The predicted octanol–water partition coefficient (Wildman–Crippen LogP) is 2.22. The Morgan fingerprint density at radius 1 is 1.30 bits per heavy atom. The summed E-state index contributed by atoms with van der Waals surface area (Å²) in [5, 5.41) is 25.1. The number of amides is 1. The third kappa shape index (κ3) is 5.29. The van der Waals surface area contributed by atoms with Gasteiger partial charge < -0.3 is 11.2 Å². The zero-order valence-electron chi connectivity index (χ0n) is 15.2. The molecule has 0 spiro atoms. The summed E-state index contributed by atoms with van der Waals surface area (Å²) < 4.78 is 14.6. The van der Waals surface area contributed by atoms with Crippen LogP contribution >= 0.6 is 11.8 Å². The number of nitro benzene ring substituents is 1. The lowest BCUT2D eigenvalue weighted by atomic mass is 10.2. The number of hydrogen-bond donors (Lipinski definition) is 3. The molecule has 0 aliphatic heterocycles. The van der Waals surface area contributed by atoms with Crippen LogP contribution in [0, 0.1) is 15.9 Å². The molecule has 0 saturated carbocycles. The van der Waals surface area contributed by atoms with Gasteiger partial charge in [0.25, 0.3) is 11.6 Å². The molecular weight excluding hydrogens is 415 g/mol. The number of rotatable bonds is 8. The number of nitrogens with zero attached hydrogens (tertiary/aromatic N) is 5. The van der Waals surface area contributed by atoms with Gasteiger partial charge in [-0.25, -0.2) is 14.5 Å². The van der Waals surface area contributed by atoms with E-state index < -0.39 is 16.6 Å². The quantitative estimate of drug-likeness (QED) is 0.162. The number of non-ortho nitro benzene ring substituents is 1. The molecule has 154 valence electrons. The second-order valence-corrected chi connectivity index (χ2v) is 6.65. The minimum Gasteiger partial charge on any atom is -0.334 e. The van der Waals surface area contributed by atoms with Crippen LogP contribution in [0.2, 0.25) is 0 Å². The largest absolute Gasteiger partial charge is 0.334 e. The SMILES string of the molecule is Nn1c(N/N=C/c2ccccc2F)nnc1SCC(=O)Nc1cccc([N+](=O)[O-])c1. The Morgan fingerprint density at radius 2 is 2.10 bits per heavy atom. The molecule has 13 heteroatoms. The molecule has 3 aromatic rings. The number of nitrogens with two attached hydrogens (primary N) is 1. The van der Waals surface area contributed by atoms with Crippen molar-refractivity contribution in [2.45, 2.75) is 5.16 Å². The topological polar surface area (TPSA) is 153 Å². The second kappa shape index (κ2) is 9.47. The Labute approximate surface area is 173 Å². The summed E-state index contributed by atoms with van der Waals surface area (Å²) in [6, 6.07) is 11.7. The number of halogens is 1. The molecule has 30 heavy (non-hydrogen) atoms. The van der Waals surface area contributed by atoms with Crippen LogP contribution < -0.4 is 16.6 Å². The number of aromatic nitrogens is 3. The normalized spacial score (nSPS) is 10.8. The van der Waals surface area contributed by atoms with Crippen LogP contribution in [0.25, 0.3) is 0 Å². The summed E-state index contributed by atoms with van der Waals surface area (Å²) in [6.07, 6.45) is 1.27. The van der Waals surface area contributed by atoms with Crippen LogP contribution in [-0.2, 0) is 4.79 Å². The van der Waals surface area contributed by atoms with Gasteiger partial charge in [0.1, 0.15) is 5.82 Å². The average molecular weight is 430 g/mol. The van der Waals surface area contributed by atoms with Crippen LogP contribution in [0.15, 0.2) is 58.8 Å². The summed E-state index contributed by atoms with van der Waals surface area (Å²) in [7, 11) is 0. The molecule has 3 rings (SSSR count). The number of nitrogen functional groups attached to an aromatic ring is 1. The number of hydrogen-bond acceptors (Lipinski definition) is 9. The predicted molar refractivity (Wildman–Crippen MR) is 110 cm³/mol. The van der Waals surface area contributed by atoms with Gasteiger partial charge in [-0.1, -0.05) is 36.0 Å². The molecule has 1 aromatic heterocycles. The maximum Gasteiger partial charge on any atom is 0.271 e. The Kier molecular flexibility index (Phi) is 6.54. The molecular formula is C17H15FN8O3S. The van der Waals surface area contributed by atoms with E-state index in [2.05, 4.69) is 26.0 Å². The van der Waals surface area contributed by atoms with Gasteiger partial charge >= 0.3 is 0 Å². The van der Waals surface area contributed by atoms with Crippen LogP contribution in [-0.4, -0.2) is 37.7 Å². The summed E-state index contributed by atoms with van der Waals surface area (Å²) in [5.74, 6) is 5.05. The first kappa shape index (κ1) is 20.7. The third-order valence-electron chi connectivity index (χ3n) is 3.61.